The van der Waals surface area contributed by atoms with Crippen molar-refractivity contribution in [1.29, 1.82) is 0 Å². The maximum atomic E-state index is 13.8. The number of aliphatic hydroxyl groups is 1. The van der Waals surface area contributed by atoms with E-state index in [0.717, 1.165) is 39.0 Å². The van der Waals surface area contributed by atoms with E-state index in [1.807, 2.05) is 139 Å². The van der Waals surface area contributed by atoms with E-state index >= 15 is 0 Å². The molecule has 8 heteroatoms. The number of benzene rings is 3. The van der Waals surface area contributed by atoms with Crippen LogP contribution in [0.15, 0.2) is 78.1 Å². The highest BCUT2D eigenvalue weighted by atomic mass is 16.6. The maximum Gasteiger partial charge on any atom is 0.307 e. The summed E-state index contributed by atoms with van der Waals surface area (Å²) in [5, 5.41) is 43.2. The largest absolute Gasteiger partial charge is 0.508 e. The second-order valence-corrected chi connectivity index (χ2v) is 20.8. The normalized spacial score (nSPS) is 16.6. The zero-order chi connectivity index (χ0) is 43.8. The number of hydrogen-bond acceptors (Lipinski definition) is 8. The third-order valence-electron chi connectivity index (χ3n) is 11.8. The Bertz CT molecular complexity index is 1990. The van der Waals surface area contributed by atoms with Crippen LogP contribution in [-0.4, -0.2) is 45.6 Å². The molecule has 0 aliphatic heterocycles. The van der Waals surface area contributed by atoms with Crippen LogP contribution in [0.2, 0.25) is 0 Å². The molecule has 0 radical (unpaired) electrons. The van der Waals surface area contributed by atoms with Crippen LogP contribution in [0, 0.1) is 11.3 Å². The highest BCUT2D eigenvalue weighted by Gasteiger charge is 2.41. The number of allylic oxidation sites excluding steroid dienone is 3. The van der Waals surface area contributed by atoms with Crippen molar-refractivity contribution in [3.63, 3.8) is 0 Å². The third-order valence-corrected chi connectivity index (χ3v) is 11.8. The van der Waals surface area contributed by atoms with Gasteiger partial charge < -0.3 is 29.9 Å². The lowest BCUT2D eigenvalue weighted by atomic mass is 9.64. The number of carbonyl (C=O) groups excluding carboxylic acids is 2. The Kier molecular flexibility index (Phi) is 13.1. The molecule has 3 aromatic carbocycles. The van der Waals surface area contributed by atoms with Gasteiger partial charge in [0.05, 0.1) is 12.8 Å². The molecule has 58 heavy (non-hydrogen) atoms. The number of aromatic hydroxyl groups is 3. The summed E-state index contributed by atoms with van der Waals surface area (Å²) < 4.78 is 11.5. The quantitative estimate of drug-likeness (QED) is 0.111. The Morgan fingerprint density at radius 3 is 1.33 bits per heavy atom. The first-order valence-electron chi connectivity index (χ1n) is 20.4. The van der Waals surface area contributed by atoms with Crippen LogP contribution in [-0.2, 0) is 46.1 Å². The summed E-state index contributed by atoms with van der Waals surface area (Å²) in [6.45, 7) is 28.0. The lowest BCUT2D eigenvalue weighted by molar-refractivity contribution is -0.153. The summed E-state index contributed by atoms with van der Waals surface area (Å²) in [5.41, 5.74) is 2.43. The van der Waals surface area contributed by atoms with Gasteiger partial charge in [0.25, 0.3) is 0 Å². The van der Waals surface area contributed by atoms with Gasteiger partial charge in [-0.2, -0.15) is 0 Å². The second-order valence-electron chi connectivity index (χ2n) is 20.8. The number of hydrogen-bond donors (Lipinski definition) is 4. The molecule has 3 aromatic rings. The number of carbonyl (C=O) groups is 2. The molecule has 0 bridgehead atoms. The Balaban J connectivity index is 1.58. The van der Waals surface area contributed by atoms with Crippen molar-refractivity contribution in [2.75, 3.05) is 13.2 Å². The minimum absolute atomic E-state index is 0.00842. The van der Waals surface area contributed by atoms with Gasteiger partial charge in [0, 0.05) is 10.8 Å². The van der Waals surface area contributed by atoms with E-state index in [4.69, 9.17) is 9.47 Å². The van der Waals surface area contributed by atoms with Gasteiger partial charge in [-0.1, -0.05) is 139 Å². The zero-order valence-corrected chi connectivity index (χ0v) is 37.4. The first-order valence-corrected chi connectivity index (χ1v) is 20.4. The summed E-state index contributed by atoms with van der Waals surface area (Å²) >= 11 is 0. The van der Waals surface area contributed by atoms with Gasteiger partial charge >= 0.3 is 11.9 Å². The standard InChI is InChI=1S/C50H68O8/c1-45(2,3)35-25-31(15-19-39(35)51)49(13,32-16-20-40(52)36(26-32)46(4,5)6)29-43(55)57-23-24-58-44(56)30-50(14,33-17-21-41(53)37(27-33)47(7,8)9)34-18-22-42(54)38(28-34)48(10,11)12/h15-17,19-22,25-28,34,51-54H,18,23-24,29-30H2,1-14H3. The zero-order valence-electron chi connectivity index (χ0n) is 37.4. The fourth-order valence-electron chi connectivity index (χ4n) is 8.05. The molecule has 316 valence electrons. The molecule has 8 nitrogen and oxygen atoms in total. The first kappa shape index (κ1) is 46.0. The summed E-state index contributed by atoms with van der Waals surface area (Å²) in [6, 6.07) is 16.3. The van der Waals surface area contributed by atoms with E-state index in [1.54, 1.807) is 18.2 Å². The predicted octanol–water partition coefficient (Wildman–Crippen LogP) is 11.3. The lowest BCUT2D eigenvalue weighted by Gasteiger charge is -2.40. The van der Waals surface area contributed by atoms with Crippen molar-refractivity contribution in [2.24, 2.45) is 11.3 Å². The second kappa shape index (κ2) is 16.5. The average molecular weight is 797 g/mol. The molecular weight excluding hydrogens is 729 g/mol. The highest BCUT2D eigenvalue weighted by Crippen LogP contribution is 2.47. The van der Waals surface area contributed by atoms with Crippen LogP contribution in [0.5, 0.6) is 17.2 Å². The molecule has 2 atom stereocenters. The van der Waals surface area contributed by atoms with Gasteiger partial charge in [0.1, 0.15) is 36.2 Å². The fraction of sp³-hybridized carbons (Fsp3) is 0.520. The van der Waals surface area contributed by atoms with Crippen molar-refractivity contribution >= 4 is 11.9 Å². The van der Waals surface area contributed by atoms with Gasteiger partial charge in [-0.25, -0.2) is 0 Å². The van der Waals surface area contributed by atoms with E-state index < -0.39 is 22.8 Å². The molecule has 0 spiro atoms. The van der Waals surface area contributed by atoms with Crippen LogP contribution in [0.3, 0.4) is 0 Å². The minimum atomic E-state index is -0.907. The molecule has 4 N–H and O–H groups in total. The molecule has 0 saturated heterocycles. The predicted molar refractivity (Wildman–Crippen MR) is 232 cm³/mol. The Labute approximate surface area is 347 Å². The van der Waals surface area contributed by atoms with E-state index in [2.05, 4.69) is 6.08 Å². The molecule has 0 saturated carbocycles. The molecule has 0 amide bonds. The van der Waals surface area contributed by atoms with Crippen molar-refractivity contribution in [3.05, 3.63) is 111 Å². The number of phenols is 3. The van der Waals surface area contributed by atoms with Crippen molar-refractivity contribution in [3.8, 4) is 17.2 Å². The van der Waals surface area contributed by atoms with Crippen LogP contribution < -0.4 is 0 Å². The average Bonchev–Trinajstić information content (AvgIpc) is 3.08. The fourth-order valence-corrected chi connectivity index (χ4v) is 8.05. The van der Waals surface area contributed by atoms with Crippen LogP contribution in [0.1, 0.15) is 150 Å². The van der Waals surface area contributed by atoms with E-state index in [0.29, 0.717) is 6.42 Å². The molecule has 2 unspecified atom stereocenters. The smallest absolute Gasteiger partial charge is 0.307 e. The third kappa shape index (κ3) is 10.3. The van der Waals surface area contributed by atoms with Gasteiger partial charge in [-0.15, -0.1) is 0 Å². The molecule has 0 fully saturated rings. The number of esters is 2. The molecular formula is C50H68O8. The first-order chi connectivity index (χ1) is 26.5. The molecule has 4 rings (SSSR count). The summed E-state index contributed by atoms with van der Waals surface area (Å²) in [6.07, 6.45) is 4.35. The summed E-state index contributed by atoms with van der Waals surface area (Å²) in [5.74, 6) is -0.356. The Morgan fingerprint density at radius 1 is 0.552 bits per heavy atom. The van der Waals surface area contributed by atoms with Crippen molar-refractivity contribution < 1.29 is 39.5 Å². The monoisotopic (exact) mass is 796 g/mol. The van der Waals surface area contributed by atoms with Crippen LogP contribution in [0.25, 0.3) is 0 Å². The van der Waals surface area contributed by atoms with Crippen LogP contribution in [0.4, 0.5) is 0 Å². The molecule has 0 aromatic heterocycles. The lowest BCUT2D eigenvalue weighted by Crippen LogP contribution is -2.36. The Hall–Kier alpha value is -4.72. The van der Waals surface area contributed by atoms with Gasteiger partial charge in [-0.3, -0.25) is 9.59 Å². The summed E-state index contributed by atoms with van der Waals surface area (Å²) in [7, 11) is 0. The number of aliphatic hydroxyl groups excluding tert-OH is 1. The molecule has 1 aliphatic carbocycles. The van der Waals surface area contributed by atoms with Gasteiger partial charge in [-0.05, 0) is 97.2 Å². The molecule has 0 heterocycles. The van der Waals surface area contributed by atoms with E-state index in [1.165, 1.54) is 0 Å². The SMILES string of the molecule is CC(C)(C)C1=CC(C(C)(CC(=O)OCCOC(=O)CC(C)(c2ccc(O)c(C(C)(C)C)c2)c2ccc(O)c(C(C)(C)C)c2)c2ccc(O)c(C(C)(C)C)c2)CC=C1O. The van der Waals surface area contributed by atoms with Crippen LogP contribution >= 0.6 is 0 Å². The number of ether oxygens (including phenoxy) is 2. The van der Waals surface area contributed by atoms with E-state index in [-0.39, 0.29) is 76.6 Å². The minimum Gasteiger partial charge on any atom is -0.508 e. The highest BCUT2D eigenvalue weighted by molar-refractivity contribution is 5.74. The summed E-state index contributed by atoms with van der Waals surface area (Å²) in [4.78, 5) is 27.5. The Morgan fingerprint density at radius 2 is 0.931 bits per heavy atom. The number of rotatable bonds is 11. The topological polar surface area (TPSA) is 134 Å². The van der Waals surface area contributed by atoms with Crippen molar-refractivity contribution in [2.45, 2.75) is 143 Å². The van der Waals surface area contributed by atoms with E-state index in [9.17, 15) is 30.0 Å². The maximum absolute atomic E-state index is 13.8. The van der Waals surface area contributed by atoms with Gasteiger partial charge in [0.2, 0.25) is 0 Å². The molecule has 1 aliphatic rings. The number of phenolic OH excluding ortho intramolecular Hbond substituents is 3. The van der Waals surface area contributed by atoms with Crippen molar-refractivity contribution in [1.82, 2.24) is 0 Å². The van der Waals surface area contributed by atoms with Gasteiger partial charge in [0.15, 0.2) is 0 Å².